The second kappa shape index (κ2) is 7.56. The molecule has 2 rings (SSSR count). The molecule has 2 aromatic rings. The van der Waals surface area contributed by atoms with Gasteiger partial charge in [-0.3, -0.25) is 4.79 Å². The zero-order valence-electron chi connectivity index (χ0n) is 15.8. The largest absolute Gasteiger partial charge is 0.416 e. The normalized spacial score (nSPS) is 11.9. The van der Waals surface area contributed by atoms with E-state index in [0.29, 0.717) is 11.3 Å². The Labute approximate surface area is 152 Å². The third-order valence-electron chi connectivity index (χ3n) is 4.50. The Bertz CT molecular complexity index is 804. The molecule has 0 saturated heterocycles. The minimum Gasteiger partial charge on any atom is -0.349 e. The van der Waals surface area contributed by atoms with Crippen molar-refractivity contribution in [3.63, 3.8) is 0 Å². The van der Waals surface area contributed by atoms with Gasteiger partial charge in [0.2, 0.25) is 0 Å². The van der Waals surface area contributed by atoms with Crippen molar-refractivity contribution in [2.75, 3.05) is 0 Å². The van der Waals surface area contributed by atoms with Crippen LogP contribution < -0.4 is 5.32 Å². The van der Waals surface area contributed by atoms with Crippen LogP contribution in [0.5, 0.6) is 0 Å². The second-order valence-corrected chi connectivity index (χ2v) is 6.80. The van der Waals surface area contributed by atoms with Crippen molar-refractivity contribution in [1.82, 2.24) is 9.88 Å². The molecule has 1 amide bonds. The maximum Gasteiger partial charge on any atom is 0.416 e. The highest BCUT2D eigenvalue weighted by atomic mass is 19.4. The second-order valence-electron chi connectivity index (χ2n) is 6.80. The van der Waals surface area contributed by atoms with Crippen LogP contribution in [-0.2, 0) is 19.1 Å². The first-order valence-corrected chi connectivity index (χ1v) is 8.71. The first kappa shape index (κ1) is 20.1. The zero-order chi connectivity index (χ0) is 19.6. The molecule has 0 atom stereocenters. The molecule has 0 bridgehead atoms. The Kier molecular flexibility index (Phi) is 5.84. The molecule has 1 heterocycles. The molecule has 142 valence electrons. The number of benzene rings is 1. The maximum absolute atomic E-state index is 13.0. The maximum atomic E-state index is 13.0. The van der Waals surface area contributed by atoms with E-state index < -0.39 is 11.7 Å². The zero-order valence-corrected chi connectivity index (χ0v) is 15.8. The van der Waals surface area contributed by atoms with Gasteiger partial charge in [-0.15, -0.1) is 0 Å². The molecule has 3 nitrogen and oxygen atoms in total. The fourth-order valence-corrected chi connectivity index (χ4v) is 3.32. The fourth-order valence-electron chi connectivity index (χ4n) is 3.32. The summed E-state index contributed by atoms with van der Waals surface area (Å²) < 4.78 is 40.8. The summed E-state index contributed by atoms with van der Waals surface area (Å²) in [5.74, 6) is -0.202. The summed E-state index contributed by atoms with van der Waals surface area (Å²) in [6.45, 7) is 9.78. The summed E-state index contributed by atoms with van der Waals surface area (Å²) in [4.78, 5) is 12.7. The molecule has 26 heavy (non-hydrogen) atoms. The molecule has 0 aliphatic rings. The highest BCUT2D eigenvalue weighted by Gasteiger charge is 2.30. The van der Waals surface area contributed by atoms with Crippen molar-refractivity contribution in [3.8, 4) is 0 Å². The van der Waals surface area contributed by atoms with Gasteiger partial charge in [-0.2, -0.15) is 13.2 Å². The number of rotatable bonds is 5. The fraction of sp³-hybridized carbons (Fsp3) is 0.450. The van der Waals surface area contributed by atoms with Gasteiger partial charge in [0.15, 0.2) is 0 Å². The lowest BCUT2D eigenvalue weighted by molar-refractivity contribution is -0.137. The highest BCUT2D eigenvalue weighted by molar-refractivity contribution is 5.95. The number of hydrogen-bond donors (Lipinski definition) is 1. The monoisotopic (exact) mass is 366 g/mol. The third kappa shape index (κ3) is 4.11. The Morgan fingerprint density at radius 1 is 1.23 bits per heavy atom. The molecule has 0 fully saturated rings. The topological polar surface area (TPSA) is 34.0 Å². The van der Waals surface area contributed by atoms with E-state index in [1.54, 1.807) is 6.07 Å². The SMILES string of the molecule is CCc1c(C)c(C(=O)NC(C)C)n(Cc2cccc(C(F)(F)F)c2)c1C. The number of hydrogen-bond acceptors (Lipinski definition) is 1. The van der Waals surface area contributed by atoms with Crippen LogP contribution in [0.25, 0.3) is 0 Å². The quantitative estimate of drug-likeness (QED) is 0.805. The lowest BCUT2D eigenvalue weighted by Gasteiger charge is -2.15. The van der Waals surface area contributed by atoms with Crippen LogP contribution in [0.2, 0.25) is 0 Å². The average molecular weight is 366 g/mol. The molecule has 6 heteroatoms. The molecule has 0 unspecified atom stereocenters. The van der Waals surface area contributed by atoms with Crippen molar-refractivity contribution in [1.29, 1.82) is 0 Å². The molecular weight excluding hydrogens is 341 g/mol. The van der Waals surface area contributed by atoms with Gasteiger partial charge >= 0.3 is 6.18 Å². The number of alkyl halides is 3. The number of amides is 1. The summed E-state index contributed by atoms with van der Waals surface area (Å²) in [7, 11) is 0. The summed E-state index contributed by atoms with van der Waals surface area (Å²) >= 11 is 0. The van der Waals surface area contributed by atoms with Gasteiger partial charge in [0, 0.05) is 18.3 Å². The number of nitrogens with zero attached hydrogens (tertiary/aromatic N) is 1. The van der Waals surface area contributed by atoms with Gasteiger partial charge in [-0.1, -0.05) is 19.1 Å². The van der Waals surface area contributed by atoms with E-state index in [-0.39, 0.29) is 18.5 Å². The Hall–Kier alpha value is -2.24. The van der Waals surface area contributed by atoms with Crippen LogP contribution in [0.1, 0.15) is 59.2 Å². The number of aromatic nitrogens is 1. The standard InChI is InChI=1S/C20H25F3N2O/c1-6-17-13(4)18(19(26)24-12(2)3)25(14(17)5)11-15-8-7-9-16(10-15)20(21,22)23/h7-10,12H,6,11H2,1-5H3,(H,24,26). The van der Waals surface area contributed by atoms with Gasteiger partial charge < -0.3 is 9.88 Å². The van der Waals surface area contributed by atoms with E-state index in [9.17, 15) is 18.0 Å². The van der Waals surface area contributed by atoms with Crippen LogP contribution in [0.15, 0.2) is 24.3 Å². The first-order chi connectivity index (χ1) is 12.1. The van der Waals surface area contributed by atoms with E-state index in [1.807, 2.05) is 39.2 Å². The molecule has 0 spiro atoms. The van der Waals surface area contributed by atoms with Crippen LogP contribution in [0, 0.1) is 13.8 Å². The van der Waals surface area contributed by atoms with E-state index in [2.05, 4.69) is 5.32 Å². The van der Waals surface area contributed by atoms with E-state index >= 15 is 0 Å². The minimum absolute atomic E-state index is 0.0239. The summed E-state index contributed by atoms with van der Waals surface area (Å²) in [5.41, 5.74) is 3.21. The van der Waals surface area contributed by atoms with E-state index in [1.165, 1.54) is 6.07 Å². The average Bonchev–Trinajstić information content (AvgIpc) is 2.76. The lowest BCUT2D eigenvalue weighted by Crippen LogP contribution is -2.32. The Morgan fingerprint density at radius 2 is 1.88 bits per heavy atom. The van der Waals surface area contributed by atoms with Gasteiger partial charge in [-0.25, -0.2) is 0 Å². The first-order valence-electron chi connectivity index (χ1n) is 8.71. The van der Waals surface area contributed by atoms with E-state index in [4.69, 9.17) is 0 Å². The summed E-state index contributed by atoms with van der Waals surface area (Å²) in [6, 6.07) is 5.23. The third-order valence-corrected chi connectivity index (χ3v) is 4.50. The van der Waals surface area contributed by atoms with Crippen molar-refractivity contribution < 1.29 is 18.0 Å². The minimum atomic E-state index is -4.38. The molecule has 1 N–H and O–H groups in total. The van der Waals surface area contributed by atoms with Gasteiger partial charge in [-0.05, 0) is 62.9 Å². The molecule has 0 aliphatic heterocycles. The summed E-state index contributed by atoms with van der Waals surface area (Å²) in [6.07, 6.45) is -3.63. The molecule has 1 aromatic carbocycles. The number of carbonyl (C=O) groups is 1. The van der Waals surface area contributed by atoms with Crippen LogP contribution >= 0.6 is 0 Å². The smallest absolute Gasteiger partial charge is 0.349 e. The molecule has 1 aromatic heterocycles. The number of nitrogens with one attached hydrogen (secondary N) is 1. The van der Waals surface area contributed by atoms with E-state index in [0.717, 1.165) is 35.4 Å². The Balaban J connectivity index is 2.51. The summed E-state index contributed by atoms with van der Waals surface area (Å²) in [5, 5.41) is 2.89. The molecule has 0 aliphatic carbocycles. The van der Waals surface area contributed by atoms with Crippen molar-refractivity contribution in [2.24, 2.45) is 0 Å². The molecule has 0 saturated carbocycles. The van der Waals surface area contributed by atoms with Crippen molar-refractivity contribution in [3.05, 3.63) is 57.9 Å². The predicted molar refractivity (Wildman–Crippen MR) is 96.4 cm³/mol. The van der Waals surface area contributed by atoms with Crippen molar-refractivity contribution in [2.45, 2.75) is 59.8 Å². The van der Waals surface area contributed by atoms with Crippen LogP contribution in [0.3, 0.4) is 0 Å². The van der Waals surface area contributed by atoms with Gasteiger partial charge in [0.1, 0.15) is 5.69 Å². The number of halogens is 3. The van der Waals surface area contributed by atoms with Gasteiger partial charge in [0.05, 0.1) is 5.56 Å². The predicted octanol–water partition coefficient (Wildman–Crippen LogP) is 4.87. The number of carbonyl (C=O) groups excluding carboxylic acids is 1. The van der Waals surface area contributed by atoms with Crippen molar-refractivity contribution >= 4 is 5.91 Å². The molecule has 0 radical (unpaired) electrons. The molecular formula is C20H25F3N2O. The highest BCUT2D eigenvalue weighted by Crippen LogP contribution is 2.30. The van der Waals surface area contributed by atoms with Crippen LogP contribution in [-0.4, -0.2) is 16.5 Å². The van der Waals surface area contributed by atoms with Crippen LogP contribution in [0.4, 0.5) is 13.2 Å². The Morgan fingerprint density at radius 3 is 2.42 bits per heavy atom. The lowest BCUT2D eigenvalue weighted by atomic mass is 10.1. The van der Waals surface area contributed by atoms with Gasteiger partial charge in [0.25, 0.3) is 5.91 Å².